The molecule has 0 fully saturated rings. The van der Waals surface area contributed by atoms with Gasteiger partial charge in [0.25, 0.3) is 0 Å². The van der Waals surface area contributed by atoms with Crippen LogP contribution in [0.1, 0.15) is 136 Å². The van der Waals surface area contributed by atoms with Crippen molar-refractivity contribution in [1.29, 1.82) is 0 Å². The number of allylic oxidation sites excluding steroid dienone is 8. The zero-order valence-corrected chi connectivity index (χ0v) is 29.5. The second-order valence-electron chi connectivity index (χ2n) is 11.4. The van der Waals surface area contributed by atoms with Gasteiger partial charge < -0.3 is 20.1 Å². The van der Waals surface area contributed by atoms with Crippen LogP contribution in [0.4, 0.5) is 0 Å². The molecule has 2 atom stereocenters. The van der Waals surface area contributed by atoms with Crippen LogP contribution < -0.4 is 5.73 Å². The van der Waals surface area contributed by atoms with Crippen LogP contribution in [-0.4, -0.2) is 49.9 Å². The molecule has 0 aliphatic carbocycles. The molecule has 0 saturated carbocycles. The number of hydrogen-bond acceptors (Lipinski definition) is 7. The van der Waals surface area contributed by atoms with E-state index >= 15 is 0 Å². The van der Waals surface area contributed by atoms with Crippen molar-refractivity contribution in [2.24, 2.45) is 5.73 Å². The van der Waals surface area contributed by atoms with E-state index in [0.29, 0.717) is 13.0 Å². The van der Waals surface area contributed by atoms with Crippen molar-refractivity contribution in [2.75, 3.05) is 33.0 Å². The smallest absolute Gasteiger partial charge is 0.457 e. The minimum absolute atomic E-state index is 0.0977. The molecule has 0 rings (SSSR count). The van der Waals surface area contributed by atoms with Crippen LogP contribution in [0.3, 0.4) is 0 Å². The summed E-state index contributed by atoms with van der Waals surface area (Å²) in [7, 11) is -4.26. The molecular weight excluding hydrogens is 589 g/mol. The highest BCUT2D eigenvalue weighted by Gasteiger charge is 2.25. The Morgan fingerprint density at radius 2 is 1.24 bits per heavy atom. The summed E-state index contributed by atoms with van der Waals surface area (Å²) in [6.07, 6.45) is 37.5. The first-order valence-electron chi connectivity index (χ1n) is 17.6. The van der Waals surface area contributed by atoms with Crippen molar-refractivity contribution in [1.82, 2.24) is 0 Å². The van der Waals surface area contributed by atoms with Crippen LogP contribution in [0.25, 0.3) is 0 Å². The quantitative estimate of drug-likeness (QED) is 0.0311. The van der Waals surface area contributed by atoms with Crippen LogP contribution in [0.5, 0.6) is 0 Å². The Labute approximate surface area is 275 Å². The summed E-state index contributed by atoms with van der Waals surface area (Å²) in [6, 6.07) is 0. The van der Waals surface area contributed by atoms with Crippen molar-refractivity contribution < 1.29 is 32.8 Å². The number of esters is 1. The molecule has 2 unspecified atom stereocenters. The molecule has 8 nitrogen and oxygen atoms in total. The summed E-state index contributed by atoms with van der Waals surface area (Å²) in [4.78, 5) is 22.0. The molecule has 0 radical (unpaired) electrons. The Kier molecular flexibility index (Phi) is 32.7. The minimum Gasteiger partial charge on any atom is -0.457 e. The van der Waals surface area contributed by atoms with E-state index in [2.05, 4.69) is 62.5 Å². The van der Waals surface area contributed by atoms with Crippen LogP contribution in [0.15, 0.2) is 48.6 Å². The molecule has 45 heavy (non-hydrogen) atoms. The Bertz CT molecular complexity index is 828. The number of carbonyl (C=O) groups excluding carboxylic acids is 1. The van der Waals surface area contributed by atoms with Crippen molar-refractivity contribution in [3.8, 4) is 0 Å². The third-order valence-corrected chi connectivity index (χ3v) is 7.99. The van der Waals surface area contributed by atoms with Gasteiger partial charge in [0.05, 0.1) is 19.8 Å². The Balaban J connectivity index is 3.86. The van der Waals surface area contributed by atoms with Crippen LogP contribution in [-0.2, 0) is 27.9 Å². The third kappa shape index (κ3) is 33.6. The van der Waals surface area contributed by atoms with Gasteiger partial charge in [-0.1, -0.05) is 127 Å². The Hall–Kier alpha value is -1.54. The summed E-state index contributed by atoms with van der Waals surface area (Å²) in [5.41, 5.74) is 5.31. The fourth-order valence-electron chi connectivity index (χ4n) is 4.46. The maximum absolute atomic E-state index is 12.2. The topological polar surface area (TPSA) is 117 Å². The summed E-state index contributed by atoms with van der Waals surface area (Å²) >= 11 is 0. The number of rotatable bonds is 33. The molecule has 9 heteroatoms. The first-order valence-corrected chi connectivity index (χ1v) is 19.1. The van der Waals surface area contributed by atoms with Gasteiger partial charge >= 0.3 is 13.8 Å². The molecule has 0 aliphatic heterocycles. The van der Waals surface area contributed by atoms with Gasteiger partial charge in [-0.3, -0.25) is 13.8 Å². The summed E-state index contributed by atoms with van der Waals surface area (Å²) in [6.45, 7) is 4.65. The number of phosphoric ester groups is 1. The number of ether oxygens (including phenoxy) is 2. The fourth-order valence-corrected chi connectivity index (χ4v) is 5.22. The van der Waals surface area contributed by atoms with Crippen molar-refractivity contribution in [3.05, 3.63) is 48.6 Å². The second kappa shape index (κ2) is 33.8. The first kappa shape index (κ1) is 43.5. The maximum atomic E-state index is 12.2. The molecule has 0 spiro atoms. The lowest BCUT2D eigenvalue weighted by Gasteiger charge is -2.20. The predicted molar refractivity (Wildman–Crippen MR) is 187 cm³/mol. The molecule has 0 bridgehead atoms. The second-order valence-corrected chi connectivity index (χ2v) is 12.8. The van der Waals surface area contributed by atoms with E-state index in [4.69, 9.17) is 24.3 Å². The molecular formula is C36H66NO7P. The zero-order valence-electron chi connectivity index (χ0n) is 28.6. The van der Waals surface area contributed by atoms with Gasteiger partial charge in [0.2, 0.25) is 0 Å². The predicted octanol–water partition coefficient (Wildman–Crippen LogP) is 9.68. The standard InChI is InChI=1S/C36H66NO7P/c1-3-5-7-9-10-11-12-13-14-15-16-17-18-19-20-21-22-23-24-25-26-28-31-41-33-35(34-43-45(39,40)42-32-30-37)44-36(38)29-27-8-6-4-2/h5,7,10-11,13-14,16-17,35H,3-4,6,8-9,12,15,18-34,37H2,1-2H3,(H,39,40)/b7-5-,11-10-,14-13-,17-16-. The lowest BCUT2D eigenvalue weighted by atomic mass is 10.1. The van der Waals surface area contributed by atoms with E-state index in [1.165, 1.54) is 51.4 Å². The highest BCUT2D eigenvalue weighted by Crippen LogP contribution is 2.43. The molecule has 0 aromatic rings. The van der Waals surface area contributed by atoms with E-state index in [1.54, 1.807) is 0 Å². The zero-order chi connectivity index (χ0) is 33.1. The molecule has 0 amide bonds. The summed E-state index contributed by atoms with van der Waals surface area (Å²) in [5, 5.41) is 0. The Morgan fingerprint density at radius 1 is 0.689 bits per heavy atom. The van der Waals surface area contributed by atoms with E-state index in [0.717, 1.165) is 64.2 Å². The number of carbonyl (C=O) groups is 1. The number of nitrogens with two attached hydrogens (primary N) is 1. The summed E-state index contributed by atoms with van der Waals surface area (Å²) < 4.78 is 32.9. The van der Waals surface area contributed by atoms with Crippen molar-refractivity contribution >= 4 is 13.8 Å². The fraction of sp³-hybridized carbons (Fsp3) is 0.750. The molecule has 0 aromatic heterocycles. The van der Waals surface area contributed by atoms with Crippen molar-refractivity contribution in [3.63, 3.8) is 0 Å². The highest BCUT2D eigenvalue weighted by molar-refractivity contribution is 7.47. The van der Waals surface area contributed by atoms with E-state index in [9.17, 15) is 14.3 Å². The van der Waals surface area contributed by atoms with Crippen LogP contribution in [0, 0.1) is 0 Å². The van der Waals surface area contributed by atoms with Gasteiger partial charge in [-0.15, -0.1) is 0 Å². The average Bonchev–Trinajstić information content (AvgIpc) is 3.03. The average molecular weight is 656 g/mol. The van der Waals surface area contributed by atoms with Gasteiger partial charge in [0, 0.05) is 19.6 Å². The van der Waals surface area contributed by atoms with E-state index in [-0.39, 0.29) is 32.3 Å². The van der Waals surface area contributed by atoms with E-state index in [1.807, 2.05) is 0 Å². The SMILES string of the molecule is CC/C=C\C/C=C\C/C=C\C/C=C\CCCCCCCCCCCOCC(COP(=O)(O)OCCN)OC(=O)CCCCCC. The van der Waals surface area contributed by atoms with Crippen LogP contribution >= 0.6 is 7.82 Å². The van der Waals surface area contributed by atoms with Gasteiger partial charge in [-0.25, -0.2) is 4.57 Å². The lowest BCUT2D eigenvalue weighted by molar-refractivity contribution is -0.154. The molecule has 262 valence electrons. The molecule has 3 N–H and O–H groups in total. The number of hydrogen-bond donors (Lipinski definition) is 2. The first-order chi connectivity index (χ1) is 21.9. The van der Waals surface area contributed by atoms with Gasteiger partial charge in [0.1, 0.15) is 6.10 Å². The normalized spacial score (nSPS) is 14.3. The summed E-state index contributed by atoms with van der Waals surface area (Å²) in [5.74, 6) is -0.353. The van der Waals surface area contributed by atoms with Gasteiger partial charge in [-0.2, -0.15) is 0 Å². The monoisotopic (exact) mass is 655 g/mol. The maximum Gasteiger partial charge on any atom is 0.472 e. The lowest BCUT2D eigenvalue weighted by Crippen LogP contribution is -2.28. The van der Waals surface area contributed by atoms with Crippen molar-refractivity contribution in [2.45, 2.75) is 142 Å². The number of unbranched alkanes of at least 4 members (excludes halogenated alkanes) is 12. The minimum atomic E-state index is -4.26. The highest BCUT2D eigenvalue weighted by atomic mass is 31.2. The largest absolute Gasteiger partial charge is 0.472 e. The molecule has 0 aromatic carbocycles. The van der Waals surface area contributed by atoms with E-state index < -0.39 is 13.9 Å². The molecule has 0 heterocycles. The molecule has 0 saturated heterocycles. The van der Waals surface area contributed by atoms with Gasteiger partial charge in [-0.05, 0) is 51.4 Å². The Morgan fingerprint density at radius 3 is 1.84 bits per heavy atom. The van der Waals surface area contributed by atoms with Gasteiger partial charge in [0.15, 0.2) is 0 Å². The number of phosphoric acid groups is 1. The third-order valence-electron chi connectivity index (χ3n) is 7.01. The van der Waals surface area contributed by atoms with Crippen LogP contribution in [0.2, 0.25) is 0 Å². The molecule has 0 aliphatic rings.